The molecule has 1 saturated carbocycles. The van der Waals surface area contributed by atoms with Gasteiger partial charge in [0.1, 0.15) is 5.78 Å². The van der Waals surface area contributed by atoms with Crippen LogP contribution in [0.2, 0.25) is 0 Å². The van der Waals surface area contributed by atoms with E-state index >= 15 is 0 Å². The molecule has 3 unspecified atom stereocenters. The van der Waals surface area contributed by atoms with E-state index in [1.165, 1.54) is 23.1 Å². The van der Waals surface area contributed by atoms with Crippen molar-refractivity contribution < 1.29 is 4.79 Å². The van der Waals surface area contributed by atoms with Crippen LogP contribution in [0.15, 0.2) is 30.4 Å². The number of rotatable bonds is 1. The van der Waals surface area contributed by atoms with Crippen molar-refractivity contribution in [1.29, 1.82) is 0 Å². The van der Waals surface area contributed by atoms with E-state index in [1.807, 2.05) is 0 Å². The van der Waals surface area contributed by atoms with Crippen molar-refractivity contribution in [3.05, 3.63) is 47.0 Å². The number of carbonyl (C=O) groups is 1. The number of fused-ring (bicyclic) bond motifs is 5. The molecule has 1 nitrogen and oxygen atoms in total. The zero-order chi connectivity index (χ0) is 13.9. The molecule has 1 fully saturated rings. The molecule has 1 aromatic carbocycles. The average Bonchev–Trinajstić information content (AvgIpc) is 3.04. The summed E-state index contributed by atoms with van der Waals surface area (Å²) in [7, 11) is 0. The monoisotopic (exact) mass is 266 g/mol. The smallest absolute Gasteiger partial charge is 0.144 e. The minimum Gasteiger partial charge on any atom is -0.299 e. The van der Waals surface area contributed by atoms with Crippen LogP contribution in [-0.4, -0.2) is 5.78 Å². The summed E-state index contributed by atoms with van der Waals surface area (Å²) in [6.07, 6.45) is 8.60. The Morgan fingerprint density at radius 2 is 2.05 bits per heavy atom. The van der Waals surface area contributed by atoms with Crippen LogP contribution >= 0.6 is 0 Å². The summed E-state index contributed by atoms with van der Waals surface area (Å²) in [4.78, 5) is 12.8. The molecule has 104 valence electrons. The maximum atomic E-state index is 12.8. The van der Waals surface area contributed by atoms with E-state index in [0.717, 1.165) is 19.3 Å². The molecule has 0 aromatic heterocycles. The topological polar surface area (TPSA) is 17.1 Å². The van der Waals surface area contributed by atoms with E-state index in [0.29, 0.717) is 23.5 Å². The SMILES string of the molecule is CC(C)c1cccc2c1CCC(=O)C21CC2C=CC1C2. The molecule has 1 aromatic rings. The number of Topliss-reactive ketones (excluding diaryl/α,β-unsaturated/α-hetero) is 1. The molecule has 1 heteroatoms. The Bertz CT molecular complexity index is 610. The molecule has 20 heavy (non-hydrogen) atoms. The molecule has 3 aliphatic rings. The van der Waals surface area contributed by atoms with Gasteiger partial charge in [0.15, 0.2) is 0 Å². The highest BCUT2D eigenvalue weighted by Gasteiger charge is 2.55. The van der Waals surface area contributed by atoms with Crippen LogP contribution in [0.3, 0.4) is 0 Å². The minimum atomic E-state index is -0.169. The first-order valence-corrected chi connectivity index (χ1v) is 7.97. The largest absolute Gasteiger partial charge is 0.299 e. The van der Waals surface area contributed by atoms with Gasteiger partial charge in [-0.15, -0.1) is 0 Å². The fourth-order valence-electron chi connectivity index (χ4n) is 4.94. The summed E-state index contributed by atoms with van der Waals surface area (Å²) < 4.78 is 0. The second-order valence-electron chi connectivity index (χ2n) is 7.11. The molecular weight excluding hydrogens is 244 g/mol. The van der Waals surface area contributed by atoms with Gasteiger partial charge < -0.3 is 0 Å². The molecule has 0 saturated heterocycles. The quantitative estimate of drug-likeness (QED) is 0.698. The molecule has 1 spiro atoms. The molecule has 4 rings (SSSR count). The normalized spacial score (nSPS) is 34.2. The van der Waals surface area contributed by atoms with E-state index in [-0.39, 0.29) is 5.41 Å². The highest BCUT2D eigenvalue weighted by molar-refractivity contribution is 5.94. The average molecular weight is 266 g/mol. The second kappa shape index (κ2) is 4.07. The molecular formula is C19H22O. The van der Waals surface area contributed by atoms with Gasteiger partial charge in [0.2, 0.25) is 0 Å². The van der Waals surface area contributed by atoms with Gasteiger partial charge in [-0.05, 0) is 53.7 Å². The number of benzene rings is 1. The molecule has 0 radical (unpaired) electrons. The lowest BCUT2D eigenvalue weighted by molar-refractivity contribution is -0.126. The predicted octanol–water partition coefficient (Wildman–Crippen LogP) is 4.16. The Hall–Kier alpha value is -1.37. The van der Waals surface area contributed by atoms with Crippen molar-refractivity contribution in [3.63, 3.8) is 0 Å². The van der Waals surface area contributed by atoms with Gasteiger partial charge in [-0.2, -0.15) is 0 Å². The van der Waals surface area contributed by atoms with Gasteiger partial charge in [0.25, 0.3) is 0 Å². The van der Waals surface area contributed by atoms with Crippen LogP contribution in [0.5, 0.6) is 0 Å². The molecule has 3 atom stereocenters. The van der Waals surface area contributed by atoms with E-state index in [1.54, 1.807) is 0 Å². The Balaban J connectivity index is 1.94. The summed E-state index contributed by atoms with van der Waals surface area (Å²) in [6, 6.07) is 6.67. The third-order valence-corrected chi connectivity index (χ3v) is 5.80. The lowest BCUT2D eigenvalue weighted by Gasteiger charge is -2.40. The Labute approximate surface area is 121 Å². The maximum Gasteiger partial charge on any atom is 0.144 e. The number of hydrogen-bond acceptors (Lipinski definition) is 1. The third-order valence-electron chi connectivity index (χ3n) is 5.80. The van der Waals surface area contributed by atoms with Gasteiger partial charge in [0.05, 0.1) is 5.41 Å². The van der Waals surface area contributed by atoms with Crippen molar-refractivity contribution in [3.8, 4) is 0 Å². The maximum absolute atomic E-state index is 12.8. The fraction of sp³-hybridized carbons (Fsp3) is 0.526. The van der Waals surface area contributed by atoms with Crippen molar-refractivity contribution in [2.75, 3.05) is 0 Å². The van der Waals surface area contributed by atoms with Crippen LogP contribution in [-0.2, 0) is 16.6 Å². The van der Waals surface area contributed by atoms with Crippen molar-refractivity contribution >= 4 is 5.78 Å². The first kappa shape index (κ1) is 12.4. The summed E-state index contributed by atoms with van der Waals surface area (Å²) >= 11 is 0. The van der Waals surface area contributed by atoms with Gasteiger partial charge in [-0.1, -0.05) is 44.2 Å². The van der Waals surface area contributed by atoms with Crippen molar-refractivity contribution in [2.24, 2.45) is 11.8 Å². The zero-order valence-electron chi connectivity index (χ0n) is 12.4. The lowest BCUT2D eigenvalue weighted by atomic mass is 9.61. The van der Waals surface area contributed by atoms with Gasteiger partial charge in [-0.25, -0.2) is 0 Å². The first-order chi connectivity index (χ1) is 9.63. The van der Waals surface area contributed by atoms with Crippen molar-refractivity contribution in [1.82, 2.24) is 0 Å². The number of ketones is 1. The highest BCUT2D eigenvalue weighted by atomic mass is 16.1. The number of allylic oxidation sites excluding steroid dienone is 2. The molecule has 3 aliphatic carbocycles. The van der Waals surface area contributed by atoms with Crippen LogP contribution in [0.4, 0.5) is 0 Å². The van der Waals surface area contributed by atoms with E-state index < -0.39 is 0 Å². The van der Waals surface area contributed by atoms with Crippen molar-refractivity contribution in [2.45, 2.75) is 50.9 Å². The molecule has 0 heterocycles. The predicted molar refractivity (Wildman–Crippen MR) is 80.9 cm³/mol. The number of hydrogen-bond donors (Lipinski definition) is 0. The van der Waals surface area contributed by atoms with E-state index in [9.17, 15) is 4.79 Å². The van der Waals surface area contributed by atoms with Gasteiger partial charge in [-0.3, -0.25) is 4.79 Å². The first-order valence-electron chi connectivity index (χ1n) is 7.97. The summed E-state index contributed by atoms with van der Waals surface area (Å²) in [5, 5.41) is 0. The zero-order valence-corrected chi connectivity index (χ0v) is 12.4. The minimum absolute atomic E-state index is 0.169. The van der Waals surface area contributed by atoms with Crippen LogP contribution in [0.1, 0.15) is 55.7 Å². The Kier molecular flexibility index (Phi) is 2.52. The summed E-state index contributed by atoms with van der Waals surface area (Å²) in [5.74, 6) is 2.14. The van der Waals surface area contributed by atoms with Crippen LogP contribution < -0.4 is 0 Å². The number of carbonyl (C=O) groups excluding carboxylic acids is 1. The fourth-order valence-corrected chi connectivity index (χ4v) is 4.94. The Morgan fingerprint density at radius 1 is 1.20 bits per heavy atom. The molecule has 0 aliphatic heterocycles. The molecule has 2 bridgehead atoms. The van der Waals surface area contributed by atoms with Gasteiger partial charge in [0, 0.05) is 6.42 Å². The van der Waals surface area contributed by atoms with Crippen LogP contribution in [0.25, 0.3) is 0 Å². The van der Waals surface area contributed by atoms with E-state index in [2.05, 4.69) is 44.2 Å². The second-order valence-corrected chi connectivity index (χ2v) is 7.11. The van der Waals surface area contributed by atoms with Gasteiger partial charge >= 0.3 is 0 Å². The molecule has 0 amide bonds. The third kappa shape index (κ3) is 1.41. The molecule has 0 N–H and O–H groups in total. The standard InChI is InChI=1S/C19H22O/c1-12(2)15-4-3-5-17-16(15)8-9-18(20)19(17)11-13-6-7-14(19)10-13/h3-7,12-14H,8-11H2,1-2H3. The highest BCUT2D eigenvalue weighted by Crippen LogP contribution is 2.57. The summed E-state index contributed by atoms with van der Waals surface area (Å²) in [5.41, 5.74) is 4.15. The Morgan fingerprint density at radius 3 is 2.70 bits per heavy atom. The summed E-state index contributed by atoms with van der Waals surface area (Å²) in [6.45, 7) is 4.53. The lowest BCUT2D eigenvalue weighted by Crippen LogP contribution is -2.43. The van der Waals surface area contributed by atoms with Crippen LogP contribution in [0, 0.1) is 11.8 Å². The van der Waals surface area contributed by atoms with E-state index in [4.69, 9.17) is 0 Å².